The van der Waals surface area contributed by atoms with E-state index < -0.39 is 18.4 Å². The average molecular weight is 246 g/mol. The molecule has 0 aromatic rings. The topological polar surface area (TPSA) is 105 Å². The number of aliphatic carboxylic acids is 1. The van der Waals surface area contributed by atoms with Crippen LogP contribution in [0.5, 0.6) is 0 Å². The standard InChI is InChI=1S/C10H18N2O5/c1-17-6-2-5-11-8(13)3-4-9(14)12-7-10(15)16/h2-7H2,1H3,(H,11,13)(H,12,14)(H,15,16). The molecule has 7 heteroatoms. The van der Waals surface area contributed by atoms with Crippen molar-refractivity contribution in [2.24, 2.45) is 0 Å². The molecule has 17 heavy (non-hydrogen) atoms. The smallest absolute Gasteiger partial charge is 0.322 e. The summed E-state index contributed by atoms with van der Waals surface area (Å²) in [6, 6.07) is 0. The number of ether oxygens (including phenoxy) is 1. The average Bonchev–Trinajstić information content (AvgIpc) is 2.29. The Labute approximate surface area is 99.5 Å². The van der Waals surface area contributed by atoms with Crippen molar-refractivity contribution in [3.63, 3.8) is 0 Å². The van der Waals surface area contributed by atoms with E-state index >= 15 is 0 Å². The van der Waals surface area contributed by atoms with Gasteiger partial charge in [-0.25, -0.2) is 0 Å². The van der Waals surface area contributed by atoms with Crippen molar-refractivity contribution in [2.45, 2.75) is 19.3 Å². The van der Waals surface area contributed by atoms with Crippen molar-refractivity contribution in [1.82, 2.24) is 10.6 Å². The summed E-state index contributed by atoms with van der Waals surface area (Å²) in [5.41, 5.74) is 0. The Morgan fingerprint density at radius 1 is 1.12 bits per heavy atom. The minimum absolute atomic E-state index is 0.0105. The van der Waals surface area contributed by atoms with E-state index in [1.54, 1.807) is 7.11 Å². The Bertz CT molecular complexity index is 267. The normalized spacial score (nSPS) is 9.71. The van der Waals surface area contributed by atoms with Crippen LogP contribution >= 0.6 is 0 Å². The van der Waals surface area contributed by atoms with Crippen molar-refractivity contribution in [1.29, 1.82) is 0 Å². The van der Waals surface area contributed by atoms with Gasteiger partial charge in [-0.1, -0.05) is 0 Å². The number of amides is 2. The zero-order chi connectivity index (χ0) is 13.1. The second kappa shape index (κ2) is 9.59. The third kappa shape index (κ3) is 10.6. The summed E-state index contributed by atoms with van der Waals surface area (Å²) in [4.78, 5) is 32.4. The predicted octanol–water partition coefficient (Wildman–Crippen LogP) is -0.880. The van der Waals surface area contributed by atoms with Gasteiger partial charge in [-0.15, -0.1) is 0 Å². The maximum atomic E-state index is 11.2. The van der Waals surface area contributed by atoms with E-state index in [1.165, 1.54) is 0 Å². The van der Waals surface area contributed by atoms with Crippen molar-refractivity contribution in [2.75, 3.05) is 26.8 Å². The third-order valence-electron chi connectivity index (χ3n) is 1.86. The van der Waals surface area contributed by atoms with E-state index in [-0.39, 0.29) is 18.7 Å². The number of methoxy groups -OCH3 is 1. The number of rotatable bonds is 9. The van der Waals surface area contributed by atoms with Crippen LogP contribution in [-0.2, 0) is 19.1 Å². The molecule has 0 aromatic carbocycles. The molecule has 0 saturated carbocycles. The second-order valence-electron chi connectivity index (χ2n) is 3.37. The molecule has 0 heterocycles. The molecule has 0 radical (unpaired) electrons. The molecule has 0 atom stereocenters. The van der Waals surface area contributed by atoms with Gasteiger partial charge in [0.05, 0.1) is 0 Å². The number of carbonyl (C=O) groups excluding carboxylic acids is 2. The molecule has 98 valence electrons. The van der Waals surface area contributed by atoms with Gasteiger partial charge in [-0.3, -0.25) is 14.4 Å². The lowest BCUT2D eigenvalue weighted by atomic mass is 10.2. The summed E-state index contributed by atoms with van der Waals surface area (Å²) in [5, 5.41) is 13.1. The van der Waals surface area contributed by atoms with Crippen molar-refractivity contribution >= 4 is 17.8 Å². The Balaban J connectivity index is 3.49. The van der Waals surface area contributed by atoms with Crippen molar-refractivity contribution in [3.8, 4) is 0 Å². The molecule has 0 saturated heterocycles. The number of carbonyl (C=O) groups is 3. The summed E-state index contributed by atoms with van der Waals surface area (Å²) in [6.45, 7) is 0.650. The van der Waals surface area contributed by atoms with E-state index in [9.17, 15) is 14.4 Å². The highest BCUT2D eigenvalue weighted by molar-refractivity contribution is 5.85. The first-order valence-electron chi connectivity index (χ1n) is 5.30. The third-order valence-corrected chi connectivity index (χ3v) is 1.86. The fraction of sp³-hybridized carbons (Fsp3) is 0.700. The van der Waals surface area contributed by atoms with Crippen LogP contribution in [0.2, 0.25) is 0 Å². The molecule has 2 amide bonds. The molecule has 0 spiro atoms. The monoisotopic (exact) mass is 246 g/mol. The molecule has 3 N–H and O–H groups in total. The van der Waals surface area contributed by atoms with Gasteiger partial charge in [0.2, 0.25) is 11.8 Å². The lowest BCUT2D eigenvalue weighted by Gasteiger charge is -2.04. The van der Waals surface area contributed by atoms with E-state index in [0.717, 1.165) is 0 Å². The maximum absolute atomic E-state index is 11.2. The Morgan fingerprint density at radius 3 is 2.24 bits per heavy atom. The molecule has 0 bridgehead atoms. The van der Waals surface area contributed by atoms with Crippen LogP contribution in [0.3, 0.4) is 0 Å². The number of nitrogens with one attached hydrogen (secondary N) is 2. The Morgan fingerprint density at radius 2 is 1.71 bits per heavy atom. The molecule has 0 rings (SSSR count). The summed E-state index contributed by atoms with van der Waals surface area (Å²) < 4.78 is 4.81. The molecule has 0 fully saturated rings. The fourth-order valence-corrected chi connectivity index (χ4v) is 1.02. The van der Waals surface area contributed by atoms with Crippen LogP contribution in [-0.4, -0.2) is 49.7 Å². The zero-order valence-electron chi connectivity index (χ0n) is 9.82. The largest absolute Gasteiger partial charge is 0.480 e. The molecular weight excluding hydrogens is 228 g/mol. The van der Waals surface area contributed by atoms with Crippen molar-refractivity contribution < 1.29 is 24.2 Å². The molecular formula is C10H18N2O5. The highest BCUT2D eigenvalue weighted by Gasteiger charge is 2.07. The van der Waals surface area contributed by atoms with Crippen LogP contribution in [0, 0.1) is 0 Å². The lowest BCUT2D eigenvalue weighted by Crippen LogP contribution is -2.31. The van der Waals surface area contributed by atoms with E-state index in [0.29, 0.717) is 19.6 Å². The van der Waals surface area contributed by atoms with E-state index in [1.807, 2.05) is 0 Å². The van der Waals surface area contributed by atoms with Gasteiger partial charge in [-0.05, 0) is 6.42 Å². The first-order chi connectivity index (χ1) is 8.06. The van der Waals surface area contributed by atoms with Gasteiger partial charge in [0, 0.05) is 33.1 Å². The number of hydrogen-bond donors (Lipinski definition) is 3. The summed E-state index contributed by atoms with van der Waals surface area (Å²) in [5.74, 6) is -1.78. The molecule has 0 unspecified atom stereocenters. The highest BCUT2D eigenvalue weighted by atomic mass is 16.5. The highest BCUT2D eigenvalue weighted by Crippen LogP contribution is 1.89. The molecule has 0 aliphatic heterocycles. The summed E-state index contributed by atoms with van der Waals surface area (Å²) in [6.07, 6.45) is 0.759. The first-order valence-corrected chi connectivity index (χ1v) is 5.30. The van der Waals surface area contributed by atoms with Crippen molar-refractivity contribution in [3.05, 3.63) is 0 Å². The summed E-state index contributed by atoms with van der Waals surface area (Å²) >= 11 is 0. The minimum Gasteiger partial charge on any atom is -0.480 e. The molecule has 7 nitrogen and oxygen atoms in total. The van der Waals surface area contributed by atoms with Crippen LogP contribution in [0.1, 0.15) is 19.3 Å². The molecule has 0 aromatic heterocycles. The van der Waals surface area contributed by atoms with Gasteiger partial charge in [0.1, 0.15) is 6.54 Å². The summed E-state index contributed by atoms with van der Waals surface area (Å²) in [7, 11) is 1.58. The van der Waals surface area contributed by atoms with Gasteiger partial charge < -0.3 is 20.5 Å². The zero-order valence-corrected chi connectivity index (χ0v) is 9.82. The SMILES string of the molecule is COCCCNC(=O)CCC(=O)NCC(=O)O. The van der Waals surface area contributed by atoms with Gasteiger partial charge >= 0.3 is 5.97 Å². The lowest BCUT2D eigenvalue weighted by molar-refractivity contribution is -0.138. The quantitative estimate of drug-likeness (QED) is 0.458. The number of hydrogen-bond acceptors (Lipinski definition) is 4. The first kappa shape index (κ1) is 15.4. The minimum atomic E-state index is -1.11. The molecule has 0 aliphatic carbocycles. The van der Waals surface area contributed by atoms with E-state index in [4.69, 9.17) is 9.84 Å². The van der Waals surface area contributed by atoms with E-state index in [2.05, 4.69) is 10.6 Å². The predicted molar refractivity (Wildman–Crippen MR) is 59.4 cm³/mol. The van der Waals surface area contributed by atoms with Crippen LogP contribution in [0.25, 0.3) is 0 Å². The number of carboxylic acids is 1. The Kier molecular flexibility index (Phi) is 8.67. The van der Waals surface area contributed by atoms with Crippen LogP contribution < -0.4 is 10.6 Å². The van der Waals surface area contributed by atoms with Gasteiger partial charge in [0.25, 0.3) is 0 Å². The van der Waals surface area contributed by atoms with Gasteiger partial charge in [0.15, 0.2) is 0 Å². The Hall–Kier alpha value is -1.63. The fourth-order valence-electron chi connectivity index (χ4n) is 1.02. The second-order valence-corrected chi connectivity index (χ2v) is 3.37. The van der Waals surface area contributed by atoms with Gasteiger partial charge in [-0.2, -0.15) is 0 Å². The van der Waals surface area contributed by atoms with Crippen LogP contribution in [0.15, 0.2) is 0 Å². The maximum Gasteiger partial charge on any atom is 0.322 e. The number of carboxylic acid groups (broad SMARTS) is 1. The molecule has 0 aliphatic rings. The van der Waals surface area contributed by atoms with Crippen LogP contribution in [0.4, 0.5) is 0 Å².